The summed E-state index contributed by atoms with van der Waals surface area (Å²) < 4.78 is 29.6. The minimum Gasteiger partial charge on any atom is -0.480 e. The van der Waals surface area contributed by atoms with Gasteiger partial charge < -0.3 is 9.84 Å². The number of alkyl halides is 2. The summed E-state index contributed by atoms with van der Waals surface area (Å²) in [5.74, 6) is -1.37. The van der Waals surface area contributed by atoms with Gasteiger partial charge in [0.1, 0.15) is 12.6 Å². The Labute approximate surface area is 114 Å². The van der Waals surface area contributed by atoms with Crippen LogP contribution in [0.3, 0.4) is 0 Å². The minimum absolute atomic E-state index is 0.105. The van der Waals surface area contributed by atoms with E-state index in [0.717, 1.165) is 6.92 Å². The fourth-order valence-electron chi connectivity index (χ4n) is 1.47. The maximum Gasteiger partial charge on any atom is 0.411 e. The van der Waals surface area contributed by atoms with Crippen molar-refractivity contribution in [2.45, 2.75) is 26.0 Å². The molecule has 0 aromatic heterocycles. The van der Waals surface area contributed by atoms with Crippen LogP contribution in [0, 0.1) is 0 Å². The van der Waals surface area contributed by atoms with E-state index in [1.165, 1.54) is 0 Å². The smallest absolute Gasteiger partial charge is 0.411 e. The summed E-state index contributed by atoms with van der Waals surface area (Å²) in [5, 5.41) is 8.81. The zero-order valence-corrected chi connectivity index (χ0v) is 10.8. The second kappa shape index (κ2) is 7.42. The van der Waals surface area contributed by atoms with E-state index in [4.69, 9.17) is 9.84 Å². The number of carbonyl (C=O) groups is 2. The standard InChI is InChI=1S/C13H15F2NO4/c1-9(12(17)18)16(7-11(14)15)13(19)20-8-10-5-3-2-4-6-10/h2-6,9,11H,7-8H2,1H3,(H,17,18). The van der Waals surface area contributed by atoms with Gasteiger partial charge in [0, 0.05) is 0 Å². The van der Waals surface area contributed by atoms with Crippen molar-refractivity contribution in [3.63, 3.8) is 0 Å². The number of hydrogen-bond donors (Lipinski definition) is 1. The zero-order valence-electron chi connectivity index (χ0n) is 10.8. The second-order valence-corrected chi connectivity index (χ2v) is 4.10. The molecule has 1 rings (SSSR count). The van der Waals surface area contributed by atoms with Crippen molar-refractivity contribution in [2.24, 2.45) is 0 Å². The van der Waals surface area contributed by atoms with Gasteiger partial charge in [0.15, 0.2) is 0 Å². The fourth-order valence-corrected chi connectivity index (χ4v) is 1.47. The van der Waals surface area contributed by atoms with E-state index in [1.807, 2.05) is 0 Å². The third kappa shape index (κ3) is 4.83. The number of nitrogens with zero attached hydrogens (tertiary/aromatic N) is 1. The van der Waals surface area contributed by atoms with Gasteiger partial charge in [0.25, 0.3) is 6.43 Å². The number of rotatable bonds is 6. The molecule has 20 heavy (non-hydrogen) atoms. The van der Waals surface area contributed by atoms with Crippen LogP contribution in [0.4, 0.5) is 13.6 Å². The summed E-state index contributed by atoms with van der Waals surface area (Å²) in [6.07, 6.45) is -3.91. The zero-order chi connectivity index (χ0) is 15.1. The number of benzene rings is 1. The first kappa shape index (κ1) is 15.9. The van der Waals surface area contributed by atoms with E-state index < -0.39 is 31.1 Å². The van der Waals surface area contributed by atoms with Crippen LogP contribution >= 0.6 is 0 Å². The highest BCUT2D eigenvalue weighted by molar-refractivity contribution is 5.79. The van der Waals surface area contributed by atoms with E-state index in [9.17, 15) is 18.4 Å². The van der Waals surface area contributed by atoms with Crippen LogP contribution in [-0.2, 0) is 16.1 Å². The molecule has 0 aliphatic carbocycles. The summed E-state index contributed by atoms with van der Waals surface area (Å²) in [6, 6.07) is 7.27. The average Bonchev–Trinajstić information content (AvgIpc) is 2.42. The van der Waals surface area contributed by atoms with Gasteiger partial charge in [0.05, 0.1) is 6.54 Å². The second-order valence-electron chi connectivity index (χ2n) is 4.10. The SMILES string of the molecule is CC(C(=O)O)N(CC(F)F)C(=O)OCc1ccccc1. The van der Waals surface area contributed by atoms with Crippen molar-refractivity contribution < 1.29 is 28.2 Å². The number of ether oxygens (including phenoxy) is 1. The minimum atomic E-state index is -2.83. The van der Waals surface area contributed by atoms with Gasteiger partial charge in [-0.15, -0.1) is 0 Å². The molecule has 110 valence electrons. The first-order valence-electron chi connectivity index (χ1n) is 5.90. The van der Waals surface area contributed by atoms with Crippen LogP contribution in [0.15, 0.2) is 30.3 Å². The van der Waals surface area contributed by atoms with Crippen molar-refractivity contribution in [1.29, 1.82) is 0 Å². The molecule has 5 nitrogen and oxygen atoms in total. The molecule has 0 heterocycles. The lowest BCUT2D eigenvalue weighted by molar-refractivity contribution is -0.142. The number of carboxylic acid groups (broad SMARTS) is 1. The third-order valence-electron chi connectivity index (χ3n) is 2.60. The molecule has 1 aromatic carbocycles. The quantitative estimate of drug-likeness (QED) is 0.872. The Morgan fingerprint density at radius 2 is 1.90 bits per heavy atom. The summed E-state index contributed by atoms with van der Waals surface area (Å²) in [4.78, 5) is 23.0. The molecule has 0 saturated carbocycles. The predicted molar refractivity (Wildman–Crippen MR) is 66.4 cm³/mol. The maximum absolute atomic E-state index is 12.4. The molecule has 0 aliphatic heterocycles. The van der Waals surface area contributed by atoms with Gasteiger partial charge in [-0.3, -0.25) is 4.90 Å². The predicted octanol–water partition coefficient (Wildman–Crippen LogP) is 2.36. The van der Waals surface area contributed by atoms with Crippen LogP contribution in [-0.4, -0.2) is 41.1 Å². The third-order valence-corrected chi connectivity index (χ3v) is 2.60. The molecule has 1 aromatic rings. The van der Waals surface area contributed by atoms with E-state index in [2.05, 4.69) is 0 Å². The van der Waals surface area contributed by atoms with Crippen LogP contribution in [0.25, 0.3) is 0 Å². The van der Waals surface area contributed by atoms with Crippen LogP contribution < -0.4 is 0 Å². The van der Waals surface area contributed by atoms with Crippen molar-refractivity contribution in [3.05, 3.63) is 35.9 Å². The lowest BCUT2D eigenvalue weighted by Crippen LogP contribution is -2.45. The maximum atomic E-state index is 12.4. The Hall–Kier alpha value is -2.18. The molecule has 1 N–H and O–H groups in total. The van der Waals surface area contributed by atoms with Crippen molar-refractivity contribution >= 4 is 12.1 Å². The monoisotopic (exact) mass is 287 g/mol. The molecule has 7 heteroatoms. The molecule has 1 amide bonds. The van der Waals surface area contributed by atoms with Crippen LogP contribution in [0.2, 0.25) is 0 Å². The number of aliphatic carboxylic acids is 1. The summed E-state index contributed by atoms with van der Waals surface area (Å²) in [7, 11) is 0. The van der Waals surface area contributed by atoms with E-state index in [1.54, 1.807) is 30.3 Å². The van der Waals surface area contributed by atoms with Crippen molar-refractivity contribution in [2.75, 3.05) is 6.54 Å². The number of carbonyl (C=O) groups excluding carboxylic acids is 1. The highest BCUT2D eigenvalue weighted by Crippen LogP contribution is 2.09. The van der Waals surface area contributed by atoms with Crippen LogP contribution in [0.5, 0.6) is 0 Å². The fraction of sp³-hybridized carbons (Fsp3) is 0.385. The lowest BCUT2D eigenvalue weighted by atomic mass is 10.2. The topological polar surface area (TPSA) is 66.8 Å². The largest absolute Gasteiger partial charge is 0.480 e. The number of hydrogen-bond acceptors (Lipinski definition) is 3. The Balaban J connectivity index is 2.65. The first-order chi connectivity index (χ1) is 9.41. The number of amides is 1. The van der Waals surface area contributed by atoms with Crippen molar-refractivity contribution in [1.82, 2.24) is 4.90 Å². The van der Waals surface area contributed by atoms with Crippen molar-refractivity contribution in [3.8, 4) is 0 Å². The summed E-state index contributed by atoms with van der Waals surface area (Å²) in [5.41, 5.74) is 0.681. The van der Waals surface area contributed by atoms with Gasteiger partial charge in [-0.1, -0.05) is 30.3 Å². The highest BCUT2D eigenvalue weighted by atomic mass is 19.3. The molecule has 0 aliphatic rings. The molecular weight excluding hydrogens is 272 g/mol. The molecule has 1 unspecified atom stereocenters. The molecule has 1 atom stereocenters. The highest BCUT2D eigenvalue weighted by Gasteiger charge is 2.29. The lowest BCUT2D eigenvalue weighted by Gasteiger charge is -2.25. The normalized spacial score (nSPS) is 12.0. The summed E-state index contributed by atoms with van der Waals surface area (Å²) >= 11 is 0. The average molecular weight is 287 g/mol. The van der Waals surface area contributed by atoms with Crippen LogP contribution in [0.1, 0.15) is 12.5 Å². The van der Waals surface area contributed by atoms with Gasteiger partial charge in [0.2, 0.25) is 0 Å². The number of carboxylic acids is 1. The van der Waals surface area contributed by atoms with E-state index in [0.29, 0.717) is 10.5 Å². The van der Waals surface area contributed by atoms with E-state index in [-0.39, 0.29) is 6.61 Å². The Morgan fingerprint density at radius 3 is 2.40 bits per heavy atom. The van der Waals surface area contributed by atoms with Gasteiger partial charge >= 0.3 is 12.1 Å². The summed E-state index contributed by atoms with van der Waals surface area (Å²) in [6.45, 7) is 0.0569. The molecule has 0 bridgehead atoms. The van der Waals surface area contributed by atoms with Gasteiger partial charge in [-0.25, -0.2) is 18.4 Å². The molecule has 0 spiro atoms. The van der Waals surface area contributed by atoms with Gasteiger partial charge in [-0.2, -0.15) is 0 Å². The molecule has 0 saturated heterocycles. The molecule has 0 radical (unpaired) electrons. The van der Waals surface area contributed by atoms with E-state index >= 15 is 0 Å². The van der Waals surface area contributed by atoms with Gasteiger partial charge in [-0.05, 0) is 12.5 Å². The Morgan fingerprint density at radius 1 is 1.30 bits per heavy atom. The first-order valence-corrected chi connectivity index (χ1v) is 5.90. The Bertz CT molecular complexity index is 453. The number of halogens is 2. The molecule has 0 fully saturated rings. The molecular formula is C13H15F2NO4. The Kier molecular flexibility index (Phi) is 5.89.